The van der Waals surface area contributed by atoms with Crippen molar-refractivity contribution < 1.29 is 4.79 Å². The average molecular weight is 306 g/mol. The van der Waals surface area contributed by atoms with Crippen LogP contribution in [0.2, 0.25) is 0 Å². The van der Waals surface area contributed by atoms with Crippen LogP contribution in [0.15, 0.2) is 0 Å². The lowest BCUT2D eigenvalue weighted by Crippen LogP contribution is -2.32. The maximum absolute atomic E-state index is 11.7. The summed E-state index contributed by atoms with van der Waals surface area (Å²) in [6.45, 7) is 0.810. The van der Waals surface area contributed by atoms with Gasteiger partial charge in [0.25, 0.3) is 0 Å². The van der Waals surface area contributed by atoms with E-state index in [1.165, 1.54) is 37.2 Å². The third kappa shape index (κ3) is 4.28. The van der Waals surface area contributed by atoms with E-state index in [1.54, 1.807) is 0 Å². The second-order valence-electron chi connectivity index (χ2n) is 4.92. The SMILES string of the molecule is O=C(CC1CCSCC1)NCC(Br)C1CC1. The van der Waals surface area contributed by atoms with Crippen molar-refractivity contribution in [2.45, 2.75) is 36.9 Å². The van der Waals surface area contributed by atoms with Gasteiger partial charge in [-0.25, -0.2) is 0 Å². The van der Waals surface area contributed by atoms with E-state index in [0.29, 0.717) is 10.7 Å². The van der Waals surface area contributed by atoms with E-state index in [-0.39, 0.29) is 5.91 Å². The first-order valence-corrected chi connectivity index (χ1v) is 8.31. The molecule has 0 spiro atoms. The Balaban J connectivity index is 1.59. The molecule has 2 aliphatic rings. The van der Waals surface area contributed by atoms with Crippen LogP contribution in [0.1, 0.15) is 32.1 Å². The smallest absolute Gasteiger partial charge is 0.220 e. The average Bonchev–Trinajstić information content (AvgIpc) is 3.11. The monoisotopic (exact) mass is 305 g/mol. The molecule has 0 aromatic rings. The first-order chi connectivity index (χ1) is 7.75. The fraction of sp³-hybridized carbons (Fsp3) is 0.917. The Hall–Kier alpha value is 0.300. The van der Waals surface area contributed by atoms with Crippen LogP contribution < -0.4 is 5.32 Å². The number of amides is 1. The molecule has 1 aliphatic carbocycles. The Morgan fingerprint density at radius 3 is 2.62 bits per heavy atom. The number of nitrogens with one attached hydrogen (secondary N) is 1. The lowest BCUT2D eigenvalue weighted by molar-refractivity contribution is -0.122. The van der Waals surface area contributed by atoms with Crippen molar-refractivity contribution >= 4 is 33.6 Å². The van der Waals surface area contributed by atoms with Crippen LogP contribution in [0.25, 0.3) is 0 Å². The number of hydrogen-bond acceptors (Lipinski definition) is 2. The van der Waals surface area contributed by atoms with Crippen molar-refractivity contribution in [2.75, 3.05) is 18.1 Å². The minimum Gasteiger partial charge on any atom is -0.355 e. The topological polar surface area (TPSA) is 29.1 Å². The summed E-state index contributed by atoms with van der Waals surface area (Å²) < 4.78 is 0. The van der Waals surface area contributed by atoms with E-state index < -0.39 is 0 Å². The van der Waals surface area contributed by atoms with Gasteiger partial charge in [-0.3, -0.25) is 4.79 Å². The first-order valence-electron chi connectivity index (χ1n) is 6.24. The van der Waals surface area contributed by atoms with Crippen LogP contribution in [-0.2, 0) is 4.79 Å². The molecule has 1 heterocycles. The predicted octanol–water partition coefficient (Wildman–Crippen LogP) is 2.81. The van der Waals surface area contributed by atoms with Crippen molar-refractivity contribution in [2.24, 2.45) is 11.8 Å². The molecule has 1 atom stereocenters. The van der Waals surface area contributed by atoms with Gasteiger partial charge >= 0.3 is 0 Å². The Morgan fingerprint density at radius 1 is 1.31 bits per heavy atom. The van der Waals surface area contributed by atoms with Crippen molar-refractivity contribution in [1.82, 2.24) is 5.32 Å². The number of carbonyl (C=O) groups is 1. The zero-order valence-corrected chi connectivity index (χ0v) is 12.0. The Kier molecular flexibility index (Phi) is 5.01. The van der Waals surface area contributed by atoms with Crippen LogP contribution in [0.4, 0.5) is 0 Å². The number of thioether (sulfide) groups is 1. The molecule has 0 aromatic heterocycles. The second-order valence-corrected chi connectivity index (χ2v) is 7.32. The van der Waals surface area contributed by atoms with E-state index in [4.69, 9.17) is 0 Å². The maximum atomic E-state index is 11.7. The molecule has 1 aliphatic heterocycles. The summed E-state index contributed by atoms with van der Waals surface area (Å²) in [5, 5.41) is 3.06. The number of hydrogen-bond donors (Lipinski definition) is 1. The summed E-state index contributed by atoms with van der Waals surface area (Å²) in [4.78, 5) is 12.2. The molecule has 1 unspecified atom stereocenters. The number of carbonyl (C=O) groups excluding carboxylic acids is 1. The minimum atomic E-state index is 0.252. The van der Waals surface area contributed by atoms with Crippen LogP contribution in [0.3, 0.4) is 0 Å². The summed E-state index contributed by atoms with van der Waals surface area (Å²) in [7, 11) is 0. The molecule has 1 saturated heterocycles. The second kappa shape index (κ2) is 6.29. The van der Waals surface area contributed by atoms with Gasteiger partial charge in [0.15, 0.2) is 0 Å². The van der Waals surface area contributed by atoms with Crippen molar-refractivity contribution in [3.8, 4) is 0 Å². The molecule has 0 bridgehead atoms. The summed E-state index contributed by atoms with van der Waals surface area (Å²) in [5.41, 5.74) is 0. The van der Waals surface area contributed by atoms with E-state index in [9.17, 15) is 4.79 Å². The van der Waals surface area contributed by atoms with Crippen LogP contribution in [0.5, 0.6) is 0 Å². The molecular formula is C12H20BrNOS. The van der Waals surface area contributed by atoms with Crippen molar-refractivity contribution in [1.29, 1.82) is 0 Å². The maximum Gasteiger partial charge on any atom is 0.220 e. The third-order valence-corrected chi connectivity index (χ3v) is 5.56. The Labute approximate surface area is 110 Å². The molecule has 4 heteroatoms. The molecule has 92 valence electrons. The van der Waals surface area contributed by atoms with E-state index in [1.807, 2.05) is 11.8 Å². The first kappa shape index (κ1) is 12.7. The van der Waals surface area contributed by atoms with Gasteiger partial charge in [-0.2, -0.15) is 11.8 Å². The molecule has 2 nitrogen and oxygen atoms in total. The van der Waals surface area contributed by atoms with Crippen LogP contribution >= 0.6 is 27.7 Å². The lowest BCUT2D eigenvalue weighted by atomic mass is 9.98. The van der Waals surface area contributed by atoms with Gasteiger partial charge in [0.1, 0.15) is 0 Å². The van der Waals surface area contributed by atoms with Gasteiger partial charge in [0, 0.05) is 17.8 Å². The van der Waals surface area contributed by atoms with E-state index in [2.05, 4.69) is 21.2 Å². The molecule has 2 rings (SSSR count). The summed E-state index contributed by atoms with van der Waals surface area (Å²) in [5.74, 6) is 4.17. The molecule has 1 amide bonds. The molecule has 0 radical (unpaired) electrons. The quantitative estimate of drug-likeness (QED) is 0.791. The number of alkyl halides is 1. The Bertz CT molecular complexity index is 239. The van der Waals surface area contributed by atoms with Gasteiger partial charge in [-0.15, -0.1) is 0 Å². The fourth-order valence-corrected chi connectivity index (χ4v) is 4.02. The zero-order chi connectivity index (χ0) is 11.4. The third-order valence-electron chi connectivity index (χ3n) is 3.44. The molecule has 2 fully saturated rings. The molecule has 1 saturated carbocycles. The minimum absolute atomic E-state index is 0.252. The van der Waals surface area contributed by atoms with Crippen molar-refractivity contribution in [3.05, 3.63) is 0 Å². The summed E-state index contributed by atoms with van der Waals surface area (Å²) in [6.07, 6.45) is 5.83. The largest absolute Gasteiger partial charge is 0.355 e. The molecule has 1 N–H and O–H groups in total. The highest BCUT2D eigenvalue weighted by atomic mass is 79.9. The molecular weight excluding hydrogens is 286 g/mol. The fourth-order valence-electron chi connectivity index (χ4n) is 2.12. The van der Waals surface area contributed by atoms with Gasteiger partial charge in [0.05, 0.1) is 0 Å². The van der Waals surface area contributed by atoms with Gasteiger partial charge < -0.3 is 5.32 Å². The van der Waals surface area contributed by atoms with Gasteiger partial charge in [-0.1, -0.05) is 15.9 Å². The number of halogens is 1. The lowest BCUT2D eigenvalue weighted by Gasteiger charge is -2.21. The van der Waals surface area contributed by atoms with Crippen LogP contribution in [0, 0.1) is 11.8 Å². The Morgan fingerprint density at radius 2 is 2.00 bits per heavy atom. The highest BCUT2D eigenvalue weighted by Crippen LogP contribution is 2.36. The molecule has 0 aromatic carbocycles. The zero-order valence-electron chi connectivity index (χ0n) is 9.58. The summed E-state index contributed by atoms with van der Waals surface area (Å²) >= 11 is 5.66. The van der Waals surface area contributed by atoms with Crippen molar-refractivity contribution in [3.63, 3.8) is 0 Å². The predicted molar refractivity (Wildman–Crippen MR) is 73.1 cm³/mol. The highest BCUT2D eigenvalue weighted by Gasteiger charge is 2.29. The highest BCUT2D eigenvalue weighted by molar-refractivity contribution is 9.09. The molecule has 16 heavy (non-hydrogen) atoms. The van der Waals surface area contributed by atoms with Gasteiger partial charge in [-0.05, 0) is 49.0 Å². The van der Waals surface area contributed by atoms with Crippen LogP contribution in [-0.4, -0.2) is 28.8 Å². The summed E-state index contributed by atoms with van der Waals surface area (Å²) in [6, 6.07) is 0. The van der Waals surface area contributed by atoms with E-state index in [0.717, 1.165) is 18.9 Å². The number of rotatable bonds is 5. The van der Waals surface area contributed by atoms with Gasteiger partial charge in [0.2, 0.25) is 5.91 Å². The van der Waals surface area contributed by atoms with E-state index >= 15 is 0 Å². The standard InChI is InChI=1S/C12H20BrNOS/c13-11(10-1-2-10)8-14-12(15)7-9-3-5-16-6-4-9/h9-11H,1-8H2,(H,14,15). The normalized spacial score (nSPS) is 24.1.